The fourth-order valence-corrected chi connectivity index (χ4v) is 5.68. The van der Waals surface area contributed by atoms with Crippen molar-refractivity contribution in [2.45, 2.75) is 44.6 Å². The van der Waals surface area contributed by atoms with Gasteiger partial charge >= 0.3 is 0 Å². The van der Waals surface area contributed by atoms with Gasteiger partial charge in [0.05, 0.1) is 23.0 Å². The van der Waals surface area contributed by atoms with Crippen LogP contribution in [0.2, 0.25) is 0 Å². The molecule has 7 nitrogen and oxygen atoms in total. The molecule has 1 amide bonds. The average molecular weight is 431 g/mol. The van der Waals surface area contributed by atoms with Crippen molar-refractivity contribution in [1.29, 1.82) is 0 Å². The zero-order valence-corrected chi connectivity index (χ0v) is 17.6. The monoisotopic (exact) mass is 431 g/mol. The molecule has 0 unspecified atom stereocenters. The van der Waals surface area contributed by atoms with Gasteiger partial charge in [0.25, 0.3) is 11.5 Å². The van der Waals surface area contributed by atoms with Crippen molar-refractivity contribution in [3.63, 3.8) is 0 Å². The Morgan fingerprint density at radius 2 is 1.91 bits per heavy atom. The highest BCUT2D eigenvalue weighted by Gasteiger charge is 2.54. The third-order valence-corrected chi connectivity index (χ3v) is 7.25. The Morgan fingerprint density at radius 1 is 1.16 bits per heavy atom. The Morgan fingerprint density at radius 3 is 2.69 bits per heavy atom. The van der Waals surface area contributed by atoms with E-state index >= 15 is 0 Å². The molecule has 3 heterocycles. The summed E-state index contributed by atoms with van der Waals surface area (Å²) in [7, 11) is 0. The summed E-state index contributed by atoms with van der Waals surface area (Å²) in [6, 6.07) is 10.6. The van der Waals surface area contributed by atoms with E-state index in [1.54, 1.807) is 17.4 Å². The van der Waals surface area contributed by atoms with Crippen molar-refractivity contribution in [3.8, 4) is 0 Å². The van der Waals surface area contributed by atoms with E-state index in [0.29, 0.717) is 28.3 Å². The molecule has 2 saturated carbocycles. The van der Waals surface area contributed by atoms with Gasteiger partial charge in [0.15, 0.2) is 0 Å². The first kappa shape index (κ1) is 19.2. The molecule has 2 aliphatic carbocycles. The lowest BCUT2D eigenvalue weighted by Crippen LogP contribution is -2.55. The lowest BCUT2D eigenvalue weighted by atomic mass is 9.49. The van der Waals surface area contributed by atoms with Gasteiger partial charge in [-0.2, -0.15) is 5.10 Å². The second-order valence-electron chi connectivity index (χ2n) is 9.27. The van der Waals surface area contributed by atoms with Crippen LogP contribution >= 0.6 is 0 Å². The van der Waals surface area contributed by atoms with Crippen LogP contribution in [0.3, 0.4) is 0 Å². The maximum atomic E-state index is 14.0. The highest BCUT2D eigenvalue weighted by molar-refractivity contribution is 5.93. The molecule has 0 radical (unpaired) electrons. The number of rotatable bonds is 3. The molecule has 0 bridgehead atoms. The number of halogens is 1. The van der Waals surface area contributed by atoms with Gasteiger partial charge in [0.2, 0.25) is 0 Å². The van der Waals surface area contributed by atoms with Crippen LogP contribution in [0.25, 0.3) is 16.4 Å². The first-order chi connectivity index (χ1) is 15.4. The highest BCUT2D eigenvalue weighted by atomic mass is 19.1. The largest absolute Gasteiger partial charge is 0.348 e. The van der Waals surface area contributed by atoms with Crippen LogP contribution in [0.5, 0.6) is 0 Å². The number of carbonyl (C=O) groups is 1. The first-order valence-corrected chi connectivity index (χ1v) is 10.8. The van der Waals surface area contributed by atoms with Crippen LogP contribution in [-0.2, 0) is 0 Å². The summed E-state index contributed by atoms with van der Waals surface area (Å²) in [4.78, 5) is 29.1. The fourth-order valence-electron chi connectivity index (χ4n) is 5.68. The van der Waals surface area contributed by atoms with Crippen LogP contribution in [-0.4, -0.2) is 31.5 Å². The number of benzene rings is 1. The minimum absolute atomic E-state index is 0.100. The summed E-state index contributed by atoms with van der Waals surface area (Å²) in [6.07, 6.45) is 5.34. The third kappa shape index (κ3) is 2.78. The number of hydrogen-bond donors (Lipinski definition) is 2. The van der Waals surface area contributed by atoms with Gasteiger partial charge in [0, 0.05) is 17.3 Å². The predicted molar refractivity (Wildman–Crippen MR) is 117 cm³/mol. The van der Waals surface area contributed by atoms with Crippen LogP contribution in [0.1, 0.15) is 53.5 Å². The molecule has 2 aliphatic rings. The molecule has 162 valence electrons. The quantitative estimate of drug-likeness (QED) is 0.520. The molecule has 2 N–H and O–H groups in total. The first-order valence-electron chi connectivity index (χ1n) is 10.8. The number of amides is 1. The van der Waals surface area contributed by atoms with Gasteiger partial charge in [-0.3, -0.25) is 14.0 Å². The van der Waals surface area contributed by atoms with Gasteiger partial charge in [-0.15, -0.1) is 0 Å². The Bertz CT molecular complexity index is 1440. The summed E-state index contributed by atoms with van der Waals surface area (Å²) < 4.78 is 15.5. The van der Waals surface area contributed by atoms with Crippen molar-refractivity contribution in [2.24, 2.45) is 5.41 Å². The molecule has 6 rings (SSSR count). The number of fused-ring (bicyclic) bond motifs is 2. The fraction of sp³-hybridized carbons (Fsp3) is 0.333. The van der Waals surface area contributed by atoms with E-state index in [1.165, 1.54) is 12.3 Å². The summed E-state index contributed by atoms with van der Waals surface area (Å²) in [5.74, 6) is -0.274. The molecule has 32 heavy (non-hydrogen) atoms. The number of nitrogens with zero attached hydrogens (tertiary/aromatic N) is 3. The van der Waals surface area contributed by atoms with E-state index in [-0.39, 0.29) is 28.7 Å². The SMILES string of the molecule is Cc1c(F)ccc2ncc(C(=O)NC3CC4(C3)CC(c3n[nH]c(=O)c5ccccc35)C4)n12. The minimum atomic E-state index is -0.365. The molecule has 8 heteroatoms. The van der Waals surface area contributed by atoms with Crippen molar-refractivity contribution in [1.82, 2.24) is 24.9 Å². The topological polar surface area (TPSA) is 92.2 Å². The van der Waals surface area contributed by atoms with Crippen LogP contribution in [0.15, 0.2) is 47.4 Å². The highest BCUT2D eigenvalue weighted by Crippen LogP contribution is 2.62. The molecule has 3 aromatic heterocycles. The second kappa shape index (κ2) is 6.72. The Kier molecular flexibility index (Phi) is 4.02. The van der Waals surface area contributed by atoms with Crippen LogP contribution in [0.4, 0.5) is 4.39 Å². The number of nitrogens with one attached hydrogen (secondary N) is 2. The number of aromatic amines is 1. The van der Waals surface area contributed by atoms with E-state index in [9.17, 15) is 14.0 Å². The Hall–Kier alpha value is -3.55. The Balaban J connectivity index is 1.13. The van der Waals surface area contributed by atoms with Gasteiger partial charge < -0.3 is 5.32 Å². The number of H-pyrrole nitrogens is 1. The third-order valence-electron chi connectivity index (χ3n) is 7.25. The standard InChI is InChI=1S/C24H22FN5O2/c1-13-18(25)6-7-20-26-12-19(30(13)20)23(32)27-15-10-24(11-15)8-14(9-24)21-16-4-2-3-5-17(16)22(31)29-28-21/h2-7,12,14-15H,8-11H2,1H3,(H,27,32)(H,29,31). The smallest absolute Gasteiger partial charge is 0.272 e. The van der Waals surface area contributed by atoms with E-state index in [0.717, 1.165) is 36.8 Å². The van der Waals surface area contributed by atoms with Crippen molar-refractivity contribution < 1.29 is 9.18 Å². The van der Waals surface area contributed by atoms with Crippen LogP contribution < -0.4 is 10.9 Å². The maximum absolute atomic E-state index is 14.0. The zero-order valence-electron chi connectivity index (χ0n) is 17.6. The predicted octanol–water partition coefficient (Wildman–Crippen LogP) is 3.47. The average Bonchev–Trinajstić information content (AvgIpc) is 3.17. The van der Waals surface area contributed by atoms with E-state index < -0.39 is 0 Å². The lowest BCUT2D eigenvalue weighted by Gasteiger charge is -2.57. The molecule has 4 aromatic rings. The second-order valence-corrected chi connectivity index (χ2v) is 9.27. The van der Waals surface area contributed by atoms with Gasteiger partial charge in [-0.1, -0.05) is 18.2 Å². The molecule has 0 saturated heterocycles. The number of pyridine rings is 1. The van der Waals surface area contributed by atoms with Gasteiger partial charge in [0.1, 0.15) is 17.2 Å². The number of aryl methyl sites for hydroxylation is 1. The summed E-state index contributed by atoms with van der Waals surface area (Å²) in [5, 5.41) is 11.7. The molecule has 2 fully saturated rings. The number of imidazole rings is 1. The molecule has 1 spiro atoms. The zero-order chi connectivity index (χ0) is 22.0. The number of carbonyl (C=O) groups excluding carboxylic acids is 1. The number of hydrogen-bond acceptors (Lipinski definition) is 4. The summed E-state index contributed by atoms with van der Waals surface area (Å²) >= 11 is 0. The van der Waals surface area contributed by atoms with Crippen molar-refractivity contribution >= 4 is 22.3 Å². The van der Waals surface area contributed by atoms with Crippen LogP contribution in [0, 0.1) is 18.2 Å². The summed E-state index contributed by atoms with van der Waals surface area (Å²) in [5.41, 5.74) is 2.31. The molecule has 0 atom stereocenters. The molecule has 1 aromatic carbocycles. The normalized spacial score (nSPS) is 24.4. The van der Waals surface area contributed by atoms with E-state index in [1.807, 2.05) is 24.3 Å². The van der Waals surface area contributed by atoms with Crippen molar-refractivity contribution in [3.05, 3.63) is 75.8 Å². The minimum Gasteiger partial charge on any atom is -0.348 e. The number of aromatic nitrogens is 4. The molecule has 0 aliphatic heterocycles. The van der Waals surface area contributed by atoms with E-state index in [4.69, 9.17) is 0 Å². The lowest BCUT2D eigenvalue weighted by molar-refractivity contribution is -0.0197. The molecular formula is C24H22FN5O2. The van der Waals surface area contributed by atoms with Gasteiger partial charge in [-0.25, -0.2) is 14.5 Å². The molecular weight excluding hydrogens is 409 g/mol. The van der Waals surface area contributed by atoms with Crippen molar-refractivity contribution in [2.75, 3.05) is 0 Å². The maximum Gasteiger partial charge on any atom is 0.272 e. The van der Waals surface area contributed by atoms with Gasteiger partial charge in [-0.05, 0) is 56.2 Å². The summed E-state index contributed by atoms with van der Waals surface area (Å²) in [6.45, 7) is 1.64. The van der Waals surface area contributed by atoms with E-state index in [2.05, 4.69) is 20.5 Å². The Labute approximate surface area is 182 Å².